The van der Waals surface area contributed by atoms with Crippen LogP contribution in [-0.4, -0.2) is 17.4 Å². The number of hydrogen-bond acceptors (Lipinski definition) is 2. The fourth-order valence-electron chi connectivity index (χ4n) is 3.69. The van der Waals surface area contributed by atoms with Gasteiger partial charge in [0.2, 0.25) is 0 Å². The molecular weight excluding hydrogens is 396 g/mol. The van der Waals surface area contributed by atoms with Crippen molar-refractivity contribution < 1.29 is 13.6 Å². The lowest BCUT2D eigenvalue weighted by Gasteiger charge is -2.15. The molecule has 0 atom stereocenters. The number of dihydropyridines is 1. The number of rotatable bonds is 6. The second kappa shape index (κ2) is 8.60. The van der Waals surface area contributed by atoms with Crippen LogP contribution in [0.15, 0.2) is 67.0 Å². The number of aromatic nitrogens is 1. The number of H-pyrrole nitrogens is 1. The molecule has 4 nitrogen and oxygen atoms in total. The second-order valence-electron chi connectivity index (χ2n) is 7.43. The lowest BCUT2D eigenvalue weighted by Crippen LogP contribution is -2.24. The summed E-state index contributed by atoms with van der Waals surface area (Å²) < 4.78 is 28.9. The van der Waals surface area contributed by atoms with Crippen LogP contribution < -0.4 is 10.6 Å². The van der Waals surface area contributed by atoms with E-state index in [2.05, 4.69) is 29.1 Å². The third-order valence-electron chi connectivity index (χ3n) is 5.29. The molecule has 1 aromatic heterocycles. The van der Waals surface area contributed by atoms with Crippen molar-refractivity contribution >= 4 is 22.4 Å². The largest absolute Gasteiger partial charge is 0.362 e. The van der Waals surface area contributed by atoms with Crippen LogP contribution in [0.4, 0.5) is 8.78 Å². The van der Waals surface area contributed by atoms with Gasteiger partial charge in [-0.2, -0.15) is 0 Å². The van der Waals surface area contributed by atoms with E-state index in [0.717, 1.165) is 30.5 Å². The van der Waals surface area contributed by atoms with Crippen molar-refractivity contribution in [2.24, 2.45) is 0 Å². The first-order valence-corrected chi connectivity index (χ1v) is 10.2. The Morgan fingerprint density at radius 3 is 2.77 bits per heavy atom. The number of nitrogens with one attached hydrogen (secondary N) is 3. The Hall–Kier alpha value is -3.67. The molecule has 0 saturated carbocycles. The molecular formula is C25H23F2N3O. The second-order valence-corrected chi connectivity index (χ2v) is 7.43. The van der Waals surface area contributed by atoms with E-state index in [1.54, 1.807) is 24.4 Å². The molecule has 0 radical (unpaired) electrons. The molecule has 3 N–H and O–H groups in total. The van der Waals surface area contributed by atoms with E-state index in [1.165, 1.54) is 6.07 Å². The van der Waals surface area contributed by atoms with Gasteiger partial charge in [0.25, 0.3) is 5.91 Å². The van der Waals surface area contributed by atoms with Gasteiger partial charge >= 0.3 is 0 Å². The number of hydrogen-bond donors (Lipinski definition) is 3. The normalized spacial score (nSPS) is 13.3. The maximum atomic E-state index is 14.8. The number of benzene rings is 2. The molecule has 0 unspecified atom stereocenters. The topological polar surface area (TPSA) is 56.9 Å². The molecule has 2 heterocycles. The predicted molar refractivity (Wildman–Crippen MR) is 120 cm³/mol. The Morgan fingerprint density at radius 1 is 1.16 bits per heavy atom. The molecule has 3 aromatic rings. The van der Waals surface area contributed by atoms with Crippen LogP contribution in [0.1, 0.15) is 35.8 Å². The summed E-state index contributed by atoms with van der Waals surface area (Å²) >= 11 is 0. The maximum Gasteiger partial charge on any atom is 0.251 e. The Kier molecular flexibility index (Phi) is 5.71. The zero-order valence-corrected chi connectivity index (χ0v) is 17.2. The summed E-state index contributed by atoms with van der Waals surface area (Å²) in [5.74, 6) is -1.29. The van der Waals surface area contributed by atoms with Gasteiger partial charge in [-0.3, -0.25) is 4.79 Å². The van der Waals surface area contributed by atoms with E-state index in [1.807, 2.05) is 12.2 Å². The van der Waals surface area contributed by atoms with Crippen molar-refractivity contribution in [3.63, 3.8) is 0 Å². The summed E-state index contributed by atoms with van der Waals surface area (Å²) in [7, 11) is 0. The number of aromatic amines is 1. The van der Waals surface area contributed by atoms with Crippen LogP contribution in [0.5, 0.6) is 0 Å². The van der Waals surface area contributed by atoms with Crippen LogP contribution in [0.2, 0.25) is 0 Å². The molecule has 0 spiro atoms. The number of amides is 1. The molecule has 0 saturated heterocycles. The average Bonchev–Trinajstić information content (AvgIpc) is 3.14. The highest BCUT2D eigenvalue weighted by molar-refractivity contribution is 6.07. The number of carbonyl (C=O) groups excluding carboxylic acids is 1. The van der Waals surface area contributed by atoms with Gasteiger partial charge in [0.1, 0.15) is 11.6 Å². The van der Waals surface area contributed by atoms with Crippen molar-refractivity contribution in [1.29, 1.82) is 0 Å². The first-order chi connectivity index (χ1) is 15.0. The Bertz CT molecular complexity index is 1240. The monoisotopic (exact) mass is 419 g/mol. The predicted octanol–water partition coefficient (Wildman–Crippen LogP) is 5.66. The molecule has 0 aliphatic carbocycles. The Balaban J connectivity index is 1.92. The van der Waals surface area contributed by atoms with Crippen molar-refractivity contribution in [1.82, 2.24) is 15.6 Å². The van der Waals surface area contributed by atoms with E-state index in [9.17, 15) is 13.6 Å². The lowest BCUT2D eigenvalue weighted by atomic mass is 9.95. The minimum Gasteiger partial charge on any atom is -0.362 e. The van der Waals surface area contributed by atoms with E-state index >= 15 is 0 Å². The third-order valence-corrected chi connectivity index (χ3v) is 5.29. The fourth-order valence-corrected chi connectivity index (χ4v) is 3.69. The minimum absolute atomic E-state index is 0.119. The summed E-state index contributed by atoms with van der Waals surface area (Å²) in [4.78, 5) is 15.9. The molecule has 1 aliphatic heterocycles. The van der Waals surface area contributed by atoms with Gasteiger partial charge < -0.3 is 15.6 Å². The molecule has 0 bridgehead atoms. The molecule has 0 fully saturated rings. The smallest absolute Gasteiger partial charge is 0.251 e. The quantitative estimate of drug-likeness (QED) is 0.452. The van der Waals surface area contributed by atoms with Crippen molar-refractivity contribution in [3.8, 4) is 11.1 Å². The summed E-state index contributed by atoms with van der Waals surface area (Å²) in [6, 6.07) is 8.58. The molecule has 4 rings (SSSR count). The number of carbonyl (C=O) groups is 1. The van der Waals surface area contributed by atoms with Gasteiger partial charge in [0.05, 0.1) is 5.69 Å². The van der Waals surface area contributed by atoms with Crippen molar-refractivity contribution in [2.75, 3.05) is 6.54 Å². The zero-order valence-electron chi connectivity index (χ0n) is 17.2. The van der Waals surface area contributed by atoms with Crippen LogP contribution in [0, 0.1) is 11.6 Å². The van der Waals surface area contributed by atoms with Crippen LogP contribution in [0.25, 0.3) is 27.6 Å². The maximum absolute atomic E-state index is 14.8. The van der Waals surface area contributed by atoms with Gasteiger partial charge in [-0.1, -0.05) is 19.9 Å². The van der Waals surface area contributed by atoms with E-state index in [-0.39, 0.29) is 11.5 Å². The van der Waals surface area contributed by atoms with Gasteiger partial charge in [0.15, 0.2) is 0 Å². The summed E-state index contributed by atoms with van der Waals surface area (Å²) in [6.45, 7) is 6.66. The summed E-state index contributed by atoms with van der Waals surface area (Å²) in [5.41, 5.74) is 3.73. The highest BCUT2D eigenvalue weighted by atomic mass is 19.1. The highest BCUT2D eigenvalue weighted by Crippen LogP contribution is 2.40. The summed E-state index contributed by atoms with van der Waals surface area (Å²) in [6.07, 6.45) is 7.27. The van der Waals surface area contributed by atoms with Gasteiger partial charge in [-0.05, 0) is 55.0 Å². The molecule has 6 heteroatoms. The van der Waals surface area contributed by atoms with Crippen LogP contribution in [-0.2, 0) is 0 Å². The summed E-state index contributed by atoms with van der Waals surface area (Å²) in [5, 5.41) is 6.57. The highest BCUT2D eigenvalue weighted by Gasteiger charge is 2.22. The first kappa shape index (κ1) is 20.6. The molecule has 1 amide bonds. The SMILES string of the molecule is C=C1NC=CC=C1c1[nH]c2ccc(C(=O)NCCCC)cc2c1-c1cc(F)ccc1F. The van der Waals surface area contributed by atoms with Crippen molar-refractivity contribution in [2.45, 2.75) is 19.8 Å². The zero-order chi connectivity index (χ0) is 22.0. The average molecular weight is 419 g/mol. The third kappa shape index (κ3) is 4.01. The lowest BCUT2D eigenvalue weighted by molar-refractivity contribution is 0.0953. The van der Waals surface area contributed by atoms with Gasteiger partial charge in [-0.25, -0.2) is 8.78 Å². The van der Waals surface area contributed by atoms with Crippen LogP contribution >= 0.6 is 0 Å². The molecule has 2 aromatic carbocycles. The number of halogens is 2. The Labute approximate surface area is 179 Å². The molecule has 1 aliphatic rings. The number of fused-ring (bicyclic) bond motifs is 1. The van der Waals surface area contributed by atoms with E-state index in [4.69, 9.17) is 0 Å². The van der Waals surface area contributed by atoms with Gasteiger partial charge in [-0.15, -0.1) is 0 Å². The number of unbranched alkanes of at least 4 members (excludes halogenated alkanes) is 1. The standard InChI is InChI=1S/C25H23F2N3O/c1-3-4-11-29-25(31)16-7-10-22-20(13-16)23(19-14-17(26)8-9-21(19)27)24(30-22)18-6-5-12-28-15(18)2/h5-10,12-14,28,30H,2-4,11H2,1H3,(H,29,31). The van der Waals surface area contributed by atoms with Gasteiger partial charge in [0, 0.05) is 51.6 Å². The fraction of sp³-hybridized carbons (Fsp3) is 0.160. The first-order valence-electron chi connectivity index (χ1n) is 10.2. The van der Waals surface area contributed by atoms with E-state index < -0.39 is 11.6 Å². The Morgan fingerprint density at radius 2 is 2.00 bits per heavy atom. The van der Waals surface area contributed by atoms with Crippen LogP contribution in [0.3, 0.4) is 0 Å². The molecule has 31 heavy (non-hydrogen) atoms. The minimum atomic E-state index is -0.549. The number of allylic oxidation sites excluding steroid dienone is 3. The van der Waals surface area contributed by atoms with Crippen molar-refractivity contribution in [3.05, 3.63) is 89.9 Å². The molecule has 158 valence electrons. The van der Waals surface area contributed by atoms with E-state index in [0.29, 0.717) is 40.0 Å².